The summed E-state index contributed by atoms with van der Waals surface area (Å²) in [5, 5.41) is 0. The van der Waals surface area contributed by atoms with Crippen LogP contribution in [-0.4, -0.2) is 49.6 Å². The molecule has 18 heavy (non-hydrogen) atoms. The number of hydrogen-bond acceptors (Lipinski definition) is 4. The van der Waals surface area contributed by atoms with Crippen molar-refractivity contribution in [1.29, 1.82) is 0 Å². The highest BCUT2D eigenvalue weighted by Gasteiger charge is 2.33. The van der Waals surface area contributed by atoms with Gasteiger partial charge in [0, 0.05) is 25.9 Å². The van der Waals surface area contributed by atoms with E-state index in [0.717, 1.165) is 19.4 Å². The van der Waals surface area contributed by atoms with E-state index < -0.39 is 17.9 Å². The third-order valence-electron chi connectivity index (χ3n) is 3.33. The quantitative estimate of drug-likeness (QED) is 0.582. The molecule has 0 saturated carbocycles. The Morgan fingerprint density at radius 2 is 2.00 bits per heavy atom. The highest BCUT2D eigenvalue weighted by atomic mass is 19.3. The number of ether oxygens (including phenoxy) is 1. The smallest absolute Gasteiger partial charge is 0.322 e. The zero-order valence-corrected chi connectivity index (χ0v) is 10.8. The average Bonchev–Trinajstić information content (AvgIpc) is 2.35. The predicted octanol–water partition coefficient (Wildman–Crippen LogP) is 1.39. The van der Waals surface area contributed by atoms with Crippen LogP contribution in [0.4, 0.5) is 8.78 Å². The first-order valence-corrected chi connectivity index (χ1v) is 6.38. The molecule has 1 atom stereocenters. The van der Waals surface area contributed by atoms with Crippen molar-refractivity contribution in [2.45, 2.75) is 44.1 Å². The van der Waals surface area contributed by atoms with E-state index in [4.69, 9.17) is 5.73 Å². The second-order valence-electron chi connectivity index (χ2n) is 4.82. The Hall–Kier alpha value is -0.750. The van der Waals surface area contributed by atoms with Crippen LogP contribution >= 0.6 is 0 Å². The van der Waals surface area contributed by atoms with Gasteiger partial charge in [-0.2, -0.15) is 0 Å². The summed E-state index contributed by atoms with van der Waals surface area (Å²) >= 11 is 0. The average molecular weight is 264 g/mol. The highest BCUT2D eigenvalue weighted by molar-refractivity contribution is 5.75. The fourth-order valence-electron chi connectivity index (χ4n) is 2.07. The van der Waals surface area contributed by atoms with Crippen LogP contribution in [0.5, 0.6) is 0 Å². The number of esters is 1. The Balaban J connectivity index is 2.07. The molecule has 0 aliphatic carbocycles. The van der Waals surface area contributed by atoms with Crippen molar-refractivity contribution in [3.63, 3.8) is 0 Å². The van der Waals surface area contributed by atoms with E-state index in [2.05, 4.69) is 4.74 Å². The number of piperidine rings is 1. The number of rotatable bonds is 6. The van der Waals surface area contributed by atoms with Crippen molar-refractivity contribution in [3.8, 4) is 0 Å². The van der Waals surface area contributed by atoms with Crippen molar-refractivity contribution < 1.29 is 18.3 Å². The van der Waals surface area contributed by atoms with Gasteiger partial charge in [-0.3, -0.25) is 4.79 Å². The van der Waals surface area contributed by atoms with Gasteiger partial charge in [-0.05, 0) is 19.4 Å². The number of nitrogens with two attached hydrogens (primary N) is 1. The van der Waals surface area contributed by atoms with E-state index in [0.29, 0.717) is 19.5 Å². The van der Waals surface area contributed by atoms with E-state index in [1.165, 1.54) is 7.11 Å². The molecule has 1 saturated heterocycles. The lowest BCUT2D eigenvalue weighted by Crippen LogP contribution is -2.39. The molecular formula is C12H22F2N2O2. The molecule has 1 rings (SSSR count). The van der Waals surface area contributed by atoms with Gasteiger partial charge < -0.3 is 15.4 Å². The van der Waals surface area contributed by atoms with Crippen molar-refractivity contribution in [1.82, 2.24) is 4.90 Å². The lowest BCUT2D eigenvalue weighted by molar-refractivity contribution is -0.142. The Kier molecular flexibility index (Phi) is 5.95. The van der Waals surface area contributed by atoms with Crippen molar-refractivity contribution in [2.24, 2.45) is 5.73 Å². The first-order chi connectivity index (χ1) is 8.44. The van der Waals surface area contributed by atoms with Crippen LogP contribution in [0.2, 0.25) is 0 Å². The molecule has 0 aromatic carbocycles. The van der Waals surface area contributed by atoms with Crippen LogP contribution in [0.15, 0.2) is 0 Å². The minimum atomic E-state index is -2.48. The fourth-order valence-corrected chi connectivity index (χ4v) is 2.07. The van der Waals surface area contributed by atoms with Crippen molar-refractivity contribution in [2.75, 3.05) is 26.7 Å². The lowest BCUT2D eigenvalue weighted by atomic mass is 10.1. The maximum atomic E-state index is 12.9. The number of carbonyl (C=O) groups excluding carboxylic acids is 1. The summed E-state index contributed by atoms with van der Waals surface area (Å²) in [5.41, 5.74) is 5.60. The highest BCUT2D eigenvalue weighted by Crippen LogP contribution is 2.27. The summed E-state index contributed by atoms with van der Waals surface area (Å²) in [7, 11) is 1.32. The molecule has 0 spiro atoms. The number of methoxy groups -OCH3 is 1. The number of halogens is 2. The molecule has 1 aliphatic heterocycles. The Bertz CT molecular complexity index is 265. The standard InChI is InChI=1S/C12H22F2N2O2/c1-18-11(17)10(15)4-2-3-7-16-8-5-12(13,14)6-9-16/h10H,2-9,15H2,1H3/t10-/m0/s1. The SMILES string of the molecule is COC(=O)[C@@H](N)CCCCN1CCC(F)(F)CC1. The molecule has 0 unspecified atom stereocenters. The van der Waals surface area contributed by atoms with Crippen molar-refractivity contribution in [3.05, 3.63) is 0 Å². The Morgan fingerprint density at radius 3 is 2.56 bits per heavy atom. The molecule has 106 valence electrons. The lowest BCUT2D eigenvalue weighted by Gasteiger charge is -2.31. The normalized spacial score (nSPS) is 21.6. The maximum absolute atomic E-state index is 12.9. The molecule has 0 amide bonds. The zero-order chi connectivity index (χ0) is 13.6. The van der Waals surface area contributed by atoms with Crippen LogP contribution in [0, 0.1) is 0 Å². The van der Waals surface area contributed by atoms with E-state index in [9.17, 15) is 13.6 Å². The monoisotopic (exact) mass is 264 g/mol. The van der Waals surface area contributed by atoms with Crippen LogP contribution in [0.1, 0.15) is 32.1 Å². The number of likely N-dealkylation sites (tertiary alicyclic amines) is 1. The number of hydrogen-bond donors (Lipinski definition) is 1. The largest absolute Gasteiger partial charge is 0.468 e. The van der Waals surface area contributed by atoms with Crippen molar-refractivity contribution >= 4 is 5.97 Å². The molecule has 1 aliphatic rings. The first-order valence-electron chi connectivity index (χ1n) is 6.38. The fraction of sp³-hybridized carbons (Fsp3) is 0.917. The summed E-state index contributed by atoms with van der Waals surface area (Å²) in [6, 6.07) is -0.569. The van der Waals surface area contributed by atoms with Gasteiger partial charge in [0.25, 0.3) is 5.92 Å². The van der Waals surface area contributed by atoms with Crippen LogP contribution in [0.3, 0.4) is 0 Å². The van der Waals surface area contributed by atoms with E-state index in [-0.39, 0.29) is 12.8 Å². The van der Waals surface area contributed by atoms with Crippen LogP contribution < -0.4 is 5.73 Å². The number of alkyl halides is 2. The van der Waals surface area contributed by atoms with Gasteiger partial charge in [0.2, 0.25) is 0 Å². The number of nitrogens with zero attached hydrogens (tertiary/aromatic N) is 1. The summed E-state index contributed by atoms with van der Waals surface area (Å²) < 4.78 is 30.3. The minimum absolute atomic E-state index is 0.0469. The number of unbranched alkanes of at least 4 members (excludes halogenated alkanes) is 1. The van der Waals surface area contributed by atoms with Gasteiger partial charge in [-0.15, -0.1) is 0 Å². The molecule has 0 aromatic heterocycles. The number of carbonyl (C=O) groups is 1. The van der Waals surface area contributed by atoms with Gasteiger partial charge in [-0.25, -0.2) is 8.78 Å². The topological polar surface area (TPSA) is 55.6 Å². The van der Waals surface area contributed by atoms with E-state index in [1.54, 1.807) is 0 Å². The molecule has 0 bridgehead atoms. The summed E-state index contributed by atoms with van der Waals surface area (Å²) in [4.78, 5) is 13.1. The summed E-state index contributed by atoms with van der Waals surface area (Å²) in [6.07, 6.45) is 2.17. The van der Waals surface area contributed by atoms with E-state index in [1.807, 2.05) is 4.90 Å². The van der Waals surface area contributed by atoms with Gasteiger partial charge in [0.15, 0.2) is 0 Å². The molecule has 0 radical (unpaired) electrons. The molecule has 1 heterocycles. The molecule has 4 nitrogen and oxygen atoms in total. The third-order valence-corrected chi connectivity index (χ3v) is 3.33. The van der Waals surface area contributed by atoms with E-state index >= 15 is 0 Å². The maximum Gasteiger partial charge on any atom is 0.322 e. The second-order valence-corrected chi connectivity index (χ2v) is 4.82. The van der Waals surface area contributed by atoms with Gasteiger partial charge in [0.1, 0.15) is 6.04 Å². The molecular weight excluding hydrogens is 242 g/mol. The van der Waals surface area contributed by atoms with Crippen LogP contribution in [-0.2, 0) is 9.53 Å². The second kappa shape index (κ2) is 6.99. The Morgan fingerprint density at radius 1 is 1.39 bits per heavy atom. The Labute approximate surface area is 106 Å². The summed E-state index contributed by atoms with van der Waals surface area (Å²) in [6.45, 7) is 1.70. The molecule has 2 N–H and O–H groups in total. The summed E-state index contributed by atoms with van der Waals surface area (Å²) in [5.74, 6) is -2.88. The third kappa shape index (κ3) is 5.27. The predicted molar refractivity (Wildman–Crippen MR) is 64.5 cm³/mol. The first kappa shape index (κ1) is 15.3. The minimum Gasteiger partial charge on any atom is -0.468 e. The van der Waals surface area contributed by atoms with Gasteiger partial charge in [0.05, 0.1) is 7.11 Å². The molecule has 1 fully saturated rings. The molecule has 0 aromatic rings. The molecule has 6 heteroatoms. The van der Waals surface area contributed by atoms with Gasteiger partial charge >= 0.3 is 5.97 Å². The van der Waals surface area contributed by atoms with Gasteiger partial charge in [-0.1, -0.05) is 6.42 Å². The zero-order valence-electron chi connectivity index (χ0n) is 10.8. The van der Waals surface area contributed by atoms with Crippen LogP contribution in [0.25, 0.3) is 0 Å².